The summed E-state index contributed by atoms with van der Waals surface area (Å²) in [6.45, 7) is 26.6. The maximum atomic E-state index is 12.7. The molecular weight excluding hydrogens is 663 g/mol. The first-order valence-electron chi connectivity index (χ1n) is 18.9. The van der Waals surface area contributed by atoms with Crippen LogP contribution in [0.4, 0.5) is 0 Å². The maximum Gasteiger partial charge on any atom is 0.805 e. The van der Waals surface area contributed by atoms with Gasteiger partial charge in [0.25, 0.3) is 0 Å². The summed E-state index contributed by atoms with van der Waals surface area (Å²) in [6, 6.07) is 16.8. The highest BCUT2D eigenvalue weighted by Gasteiger charge is 2.61. The van der Waals surface area contributed by atoms with E-state index in [0.29, 0.717) is 11.5 Å². The molecule has 0 atom stereocenters. The summed E-state index contributed by atoms with van der Waals surface area (Å²) in [7, 11) is -2.26. The lowest BCUT2D eigenvalue weighted by Gasteiger charge is -2.31. The molecule has 2 N–H and O–H groups in total. The van der Waals surface area contributed by atoms with Crippen molar-refractivity contribution in [1.82, 2.24) is 0 Å². The summed E-state index contributed by atoms with van der Waals surface area (Å²) >= 11 is 0. The van der Waals surface area contributed by atoms with Crippen LogP contribution in [0.3, 0.4) is 0 Å². The van der Waals surface area contributed by atoms with Gasteiger partial charge < -0.3 is 10.2 Å². The summed E-state index contributed by atoms with van der Waals surface area (Å²) in [6.07, 6.45) is 3.86. The Hall–Kier alpha value is -3.82. The van der Waals surface area contributed by atoms with E-state index in [1.807, 2.05) is 38.1 Å². The molecule has 5 aliphatic rings. The quantitative estimate of drug-likeness (QED) is 0.177. The van der Waals surface area contributed by atoms with Crippen molar-refractivity contribution in [2.45, 2.75) is 141 Å². The Morgan fingerprint density at radius 2 is 0.731 bits per heavy atom. The molecule has 272 valence electrons. The van der Waals surface area contributed by atoms with E-state index < -0.39 is 8.25 Å². The maximum absolute atomic E-state index is 12.7. The minimum absolute atomic E-state index is 0.0231. The van der Waals surface area contributed by atoms with E-state index in [0.717, 1.165) is 70.6 Å². The van der Waals surface area contributed by atoms with Crippen molar-refractivity contribution in [3.8, 4) is 23.0 Å². The van der Waals surface area contributed by atoms with Crippen LogP contribution >= 0.6 is 8.25 Å². The van der Waals surface area contributed by atoms with Crippen molar-refractivity contribution in [2.75, 3.05) is 0 Å². The van der Waals surface area contributed by atoms with Crippen molar-refractivity contribution < 1.29 is 23.8 Å². The zero-order valence-corrected chi connectivity index (χ0v) is 33.9. The first kappa shape index (κ1) is 35.2. The lowest BCUT2D eigenvalue weighted by atomic mass is 9.72. The lowest BCUT2D eigenvalue weighted by molar-refractivity contribution is 0.333. The van der Waals surface area contributed by atoms with Gasteiger partial charge in [0.15, 0.2) is 11.5 Å². The van der Waals surface area contributed by atoms with Crippen LogP contribution in [-0.2, 0) is 37.1 Å². The summed E-state index contributed by atoms with van der Waals surface area (Å²) in [5.41, 5.74) is 13.6. The highest BCUT2D eigenvalue weighted by molar-refractivity contribution is 7.34. The number of aryl methyl sites for hydroxylation is 4. The topological polar surface area (TPSA) is 76.0 Å². The monoisotopic (exact) mass is 717 g/mol. The van der Waals surface area contributed by atoms with E-state index in [4.69, 9.17) is 9.05 Å². The van der Waals surface area contributed by atoms with Gasteiger partial charge in [-0.3, -0.25) is 0 Å². The van der Waals surface area contributed by atoms with Crippen LogP contribution in [0.5, 0.6) is 23.0 Å². The molecule has 0 radical (unpaired) electrons. The second kappa shape index (κ2) is 10.7. The van der Waals surface area contributed by atoms with Crippen molar-refractivity contribution in [3.05, 3.63) is 115 Å². The molecule has 0 unspecified atom stereocenters. The van der Waals surface area contributed by atoms with Gasteiger partial charge in [0.05, 0.1) is 0 Å². The number of hydrogen-bond acceptors (Lipinski definition) is 5. The van der Waals surface area contributed by atoms with Crippen LogP contribution in [0.1, 0.15) is 148 Å². The zero-order chi connectivity index (χ0) is 37.7. The fraction of sp³-hybridized carbons (Fsp3) is 0.478. The van der Waals surface area contributed by atoms with Crippen molar-refractivity contribution in [3.63, 3.8) is 0 Å². The van der Waals surface area contributed by atoms with E-state index in [1.54, 1.807) is 0 Å². The highest BCUT2D eigenvalue weighted by atomic mass is 31.1. The van der Waals surface area contributed by atoms with Crippen LogP contribution in [0.25, 0.3) is 0 Å². The molecule has 4 aliphatic carbocycles. The molecule has 2 spiro atoms. The van der Waals surface area contributed by atoms with Crippen LogP contribution < -0.4 is 9.05 Å². The SMILES string of the molecule is Cc1cc(O)c2c(c1)C(C)(C)CC21CC(C)(C)c2cc(C)cc(O)c21.Cc1cc2c3c(c1)C(C)(C)CC31CC(C)(C)c3cc(C)cc(c31)O[P+](=O)O2. The number of phenols is 2. The molecule has 0 aromatic heterocycles. The molecular formula is C46H54O5P+. The van der Waals surface area contributed by atoms with E-state index in [-0.39, 0.29) is 32.5 Å². The zero-order valence-electron chi connectivity index (χ0n) is 33.0. The van der Waals surface area contributed by atoms with Gasteiger partial charge >= 0.3 is 8.25 Å². The molecule has 1 heterocycles. The van der Waals surface area contributed by atoms with E-state index in [1.165, 1.54) is 33.4 Å². The summed E-state index contributed by atoms with van der Waals surface area (Å²) in [5, 5.41) is 21.9. The summed E-state index contributed by atoms with van der Waals surface area (Å²) < 4.78 is 24.5. The van der Waals surface area contributed by atoms with Gasteiger partial charge in [-0.25, -0.2) is 9.05 Å². The summed E-state index contributed by atoms with van der Waals surface area (Å²) in [4.78, 5) is 0. The van der Waals surface area contributed by atoms with Crippen LogP contribution in [0.15, 0.2) is 48.5 Å². The fourth-order valence-electron chi connectivity index (χ4n) is 12.0. The first-order valence-corrected chi connectivity index (χ1v) is 19.9. The number of aromatic hydroxyl groups is 2. The third-order valence-corrected chi connectivity index (χ3v) is 13.9. The third kappa shape index (κ3) is 4.80. The number of hydrogen-bond donors (Lipinski definition) is 2. The molecule has 4 aromatic carbocycles. The fourth-order valence-corrected chi connectivity index (χ4v) is 12.6. The average Bonchev–Trinajstić information content (AvgIpc) is 3.52. The molecule has 0 saturated heterocycles. The molecule has 5 nitrogen and oxygen atoms in total. The molecule has 0 fully saturated rings. The Labute approximate surface area is 310 Å². The van der Waals surface area contributed by atoms with Crippen molar-refractivity contribution >= 4 is 8.25 Å². The largest absolute Gasteiger partial charge is 0.805 e. The minimum atomic E-state index is -2.26. The van der Waals surface area contributed by atoms with Gasteiger partial charge in [-0.2, -0.15) is 0 Å². The average molecular weight is 718 g/mol. The predicted octanol–water partition coefficient (Wildman–Crippen LogP) is 11.7. The third-order valence-electron chi connectivity index (χ3n) is 13.2. The molecule has 4 aromatic rings. The van der Waals surface area contributed by atoms with Gasteiger partial charge in [0.2, 0.25) is 0 Å². The van der Waals surface area contributed by atoms with Gasteiger partial charge in [0.1, 0.15) is 11.5 Å². The van der Waals surface area contributed by atoms with Crippen molar-refractivity contribution in [1.29, 1.82) is 0 Å². The van der Waals surface area contributed by atoms with Gasteiger partial charge in [-0.1, -0.05) is 79.7 Å². The first-order chi connectivity index (χ1) is 24.0. The molecule has 9 rings (SSSR count). The minimum Gasteiger partial charge on any atom is -0.508 e. The molecule has 0 bridgehead atoms. The van der Waals surface area contributed by atoms with Gasteiger partial charge in [0, 0.05) is 37.6 Å². The van der Waals surface area contributed by atoms with E-state index in [2.05, 4.69) is 93.5 Å². The smallest absolute Gasteiger partial charge is 0.508 e. The second-order valence-corrected chi connectivity index (χ2v) is 20.4. The van der Waals surface area contributed by atoms with Gasteiger partial charge in [-0.05, 0) is 144 Å². The second-order valence-electron chi connectivity index (χ2n) is 19.6. The summed E-state index contributed by atoms with van der Waals surface area (Å²) in [5.74, 6) is 2.24. The Kier molecular flexibility index (Phi) is 7.22. The Balaban J connectivity index is 0.000000149. The Morgan fingerprint density at radius 1 is 0.462 bits per heavy atom. The van der Waals surface area contributed by atoms with Crippen LogP contribution in [-0.4, -0.2) is 10.2 Å². The highest BCUT2D eigenvalue weighted by Crippen LogP contribution is 2.69. The number of rotatable bonds is 0. The van der Waals surface area contributed by atoms with Crippen molar-refractivity contribution in [2.24, 2.45) is 0 Å². The number of phenolic OH excluding ortho intramolecular Hbond substituents is 2. The number of benzene rings is 4. The Bertz CT molecular complexity index is 2100. The normalized spacial score (nSPS) is 21.8. The van der Waals surface area contributed by atoms with E-state index in [9.17, 15) is 14.8 Å². The standard InChI is InChI=1S/C23H26O3P.C23H28O2/c1-13-7-15-19-17(9-13)25-27(24)26-18-10-14(2)8-16-20(18)23(19,11-21(15,3)4)12-22(16,5)6;1-13-7-15-19(17(24)9-13)23(11-21(15,3)4)12-22(5,6)16-8-14(2)10-18(25)20(16)23/h7-10H,11-12H2,1-6H3;7-10,24-25H,11-12H2,1-6H3/q+1;. The van der Waals surface area contributed by atoms with Crippen LogP contribution in [0.2, 0.25) is 0 Å². The predicted molar refractivity (Wildman–Crippen MR) is 209 cm³/mol. The van der Waals surface area contributed by atoms with Gasteiger partial charge in [-0.15, -0.1) is 0 Å². The number of fused-ring (bicyclic) bond motifs is 4. The molecule has 6 heteroatoms. The Morgan fingerprint density at radius 3 is 1.06 bits per heavy atom. The lowest BCUT2D eigenvalue weighted by Crippen LogP contribution is -2.28. The van der Waals surface area contributed by atoms with E-state index >= 15 is 0 Å². The molecule has 0 amide bonds. The van der Waals surface area contributed by atoms with Crippen LogP contribution in [0, 0.1) is 27.7 Å². The molecule has 1 aliphatic heterocycles. The molecule has 52 heavy (non-hydrogen) atoms. The molecule has 0 saturated carbocycles.